The van der Waals surface area contributed by atoms with Gasteiger partial charge in [0.1, 0.15) is 11.6 Å². The number of ether oxygens (including phenoxy) is 2. The Labute approximate surface area is 114 Å². The number of benzene rings is 1. The molecule has 0 fully saturated rings. The Morgan fingerprint density at radius 1 is 1.15 bits per heavy atom. The van der Waals surface area contributed by atoms with Gasteiger partial charge in [0.2, 0.25) is 5.88 Å². The SMILES string of the molecule is COc1cc(NC(=O)c2ccc(F)cc2)nc(OC)n1. The largest absolute Gasteiger partial charge is 0.481 e. The quantitative estimate of drug-likeness (QED) is 0.923. The van der Waals surface area contributed by atoms with E-state index in [1.54, 1.807) is 0 Å². The predicted octanol–water partition coefficient (Wildman–Crippen LogP) is 1.89. The summed E-state index contributed by atoms with van der Waals surface area (Å²) in [5.41, 5.74) is 0.308. The molecule has 0 atom stereocenters. The number of hydrogen-bond donors (Lipinski definition) is 1. The molecule has 0 aliphatic carbocycles. The Morgan fingerprint density at radius 2 is 1.85 bits per heavy atom. The molecule has 0 radical (unpaired) electrons. The molecule has 2 rings (SSSR count). The zero-order valence-corrected chi connectivity index (χ0v) is 10.9. The number of nitrogens with one attached hydrogen (secondary N) is 1. The summed E-state index contributed by atoms with van der Waals surface area (Å²) in [4.78, 5) is 19.8. The maximum absolute atomic E-state index is 12.8. The van der Waals surface area contributed by atoms with Crippen LogP contribution in [-0.4, -0.2) is 30.1 Å². The van der Waals surface area contributed by atoms with Crippen LogP contribution in [0.4, 0.5) is 10.2 Å². The third-order valence-corrected chi connectivity index (χ3v) is 2.42. The third-order valence-electron chi connectivity index (χ3n) is 2.42. The summed E-state index contributed by atoms with van der Waals surface area (Å²) in [7, 11) is 2.84. The fraction of sp³-hybridized carbons (Fsp3) is 0.154. The van der Waals surface area contributed by atoms with E-state index in [0.29, 0.717) is 5.56 Å². The first kappa shape index (κ1) is 13.7. The molecular weight excluding hydrogens is 265 g/mol. The van der Waals surface area contributed by atoms with Gasteiger partial charge < -0.3 is 14.8 Å². The number of rotatable bonds is 4. The van der Waals surface area contributed by atoms with E-state index < -0.39 is 11.7 Å². The zero-order valence-electron chi connectivity index (χ0n) is 10.9. The van der Waals surface area contributed by atoms with E-state index in [9.17, 15) is 9.18 Å². The highest BCUT2D eigenvalue weighted by Gasteiger charge is 2.10. The van der Waals surface area contributed by atoms with Crippen molar-refractivity contribution in [2.45, 2.75) is 0 Å². The van der Waals surface area contributed by atoms with E-state index in [1.165, 1.54) is 44.6 Å². The number of methoxy groups -OCH3 is 2. The molecule has 104 valence electrons. The normalized spacial score (nSPS) is 9.95. The van der Waals surface area contributed by atoms with E-state index in [4.69, 9.17) is 9.47 Å². The van der Waals surface area contributed by atoms with Crippen LogP contribution in [0.5, 0.6) is 11.9 Å². The highest BCUT2D eigenvalue weighted by atomic mass is 19.1. The van der Waals surface area contributed by atoms with Gasteiger partial charge in [0.25, 0.3) is 5.91 Å². The summed E-state index contributed by atoms with van der Waals surface area (Å²) in [6, 6.07) is 6.68. The number of hydrogen-bond acceptors (Lipinski definition) is 5. The lowest BCUT2D eigenvalue weighted by molar-refractivity contribution is 0.102. The van der Waals surface area contributed by atoms with Crippen molar-refractivity contribution >= 4 is 11.7 Å². The molecule has 0 aliphatic heterocycles. The van der Waals surface area contributed by atoms with Gasteiger partial charge in [-0.3, -0.25) is 4.79 Å². The van der Waals surface area contributed by atoms with Crippen LogP contribution in [0.3, 0.4) is 0 Å². The number of nitrogens with zero attached hydrogens (tertiary/aromatic N) is 2. The molecule has 7 heteroatoms. The number of carbonyl (C=O) groups is 1. The van der Waals surface area contributed by atoms with Gasteiger partial charge in [-0.25, -0.2) is 4.39 Å². The minimum atomic E-state index is -0.423. The van der Waals surface area contributed by atoms with E-state index in [0.717, 1.165) is 0 Å². The number of amides is 1. The van der Waals surface area contributed by atoms with Crippen LogP contribution in [0, 0.1) is 5.82 Å². The van der Waals surface area contributed by atoms with E-state index in [2.05, 4.69) is 15.3 Å². The van der Waals surface area contributed by atoms with Crippen LogP contribution in [-0.2, 0) is 0 Å². The smallest absolute Gasteiger partial charge is 0.321 e. The second-order valence-electron chi connectivity index (χ2n) is 3.74. The van der Waals surface area contributed by atoms with Gasteiger partial charge in [0.05, 0.1) is 14.2 Å². The summed E-state index contributed by atoms with van der Waals surface area (Å²) < 4.78 is 22.7. The van der Waals surface area contributed by atoms with E-state index in [-0.39, 0.29) is 17.7 Å². The van der Waals surface area contributed by atoms with Crippen LogP contribution in [0.1, 0.15) is 10.4 Å². The monoisotopic (exact) mass is 277 g/mol. The summed E-state index contributed by atoms with van der Waals surface area (Å²) in [6.07, 6.45) is 0. The number of halogens is 1. The minimum absolute atomic E-state index is 0.0683. The Bertz CT molecular complexity index is 595. The van der Waals surface area contributed by atoms with Crippen LogP contribution >= 0.6 is 0 Å². The second kappa shape index (κ2) is 5.96. The summed E-state index contributed by atoms with van der Waals surface area (Å²) in [5, 5.41) is 2.55. The van der Waals surface area contributed by atoms with Gasteiger partial charge in [-0.1, -0.05) is 0 Å². The van der Waals surface area contributed by atoms with Crippen LogP contribution in [0.2, 0.25) is 0 Å². The fourth-order valence-corrected chi connectivity index (χ4v) is 1.45. The van der Waals surface area contributed by atoms with Gasteiger partial charge in [0.15, 0.2) is 0 Å². The van der Waals surface area contributed by atoms with Gasteiger partial charge in [-0.05, 0) is 24.3 Å². The van der Waals surface area contributed by atoms with Gasteiger partial charge in [0, 0.05) is 11.6 Å². The van der Waals surface area contributed by atoms with Crippen LogP contribution < -0.4 is 14.8 Å². The molecule has 1 aromatic heterocycles. The molecule has 20 heavy (non-hydrogen) atoms. The molecule has 1 heterocycles. The predicted molar refractivity (Wildman–Crippen MR) is 69.5 cm³/mol. The van der Waals surface area contributed by atoms with Crippen molar-refractivity contribution in [2.75, 3.05) is 19.5 Å². The van der Waals surface area contributed by atoms with E-state index >= 15 is 0 Å². The Kier molecular flexibility index (Phi) is 4.09. The molecule has 1 amide bonds. The minimum Gasteiger partial charge on any atom is -0.481 e. The fourth-order valence-electron chi connectivity index (χ4n) is 1.45. The molecular formula is C13H12FN3O3. The number of anilines is 1. The van der Waals surface area contributed by atoms with Crippen molar-refractivity contribution < 1.29 is 18.7 Å². The molecule has 1 aromatic carbocycles. The van der Waals surface area contributed by atoms with Crippen molar-refractivity contribution in [3.05, 3.63) is 41.7 Å². The highest BCUT2D eigenvalue weighted by molar-refractivity contribution is 6.03. The van der Waals surface area contributed by atoms with Crippen molar-refractivity contribution in [2.24, 2.45) is 0 Å². The lowest BCUT2D eigenvalue weighted by Crippen LogP contribution is -2.13. The van der Waals surface area contributed by atoms with Crippen LogP contribution in [0.25, 0.3) is 0 Å². The van der Waals surface area contributed by atoms with Crippen molar-refractivity contribution in [3.63, 3.8) is 0 Å². The number of carbonyl (C=O) groups excluding carboxylic acids is 1. The molecule has 0 saturated heterocycles. The highest BCUT2D eigenvalue weighted by Crippen LogP contribution is 2.17. The topological polar surface area (TPSA) is 73.3 Å². The molecule has 0 unspecified atom stereocenters. The number of aromatic nitrogens is 2. The standard InChI is InChI=1S/C13H12FN3O3/c1-19-11-7-10(16-13(17-11)20-2)15-12(18)8-3-5-9(14)6-4-8/h3-7H,1-2H3,(H,15,16,17,18). The molecule has 2 aromatic rings. The molecule has 0 bridgehead atoms. The summed E-state index contributed by atoms with van der Waals surface area (Å²) in [6.45, 7) is 0. The summed E-state index contributed by atoms with van der Waals surface area (Å²) >= 11 is 0. The Hall–Kier alpha value is -2.70. The Balaban J connectivity index is 2.20. The van der Waals surface area contributed by atoms with Gasteiger partial charge >= 0.3 is 6.01 Å². The average molecular weight is 277 g/mol. The van der Waals surface area contributed by atoms with Gasteiger partial charge in [-0.15, -0.1) is 0 Å². The molecule has 1 N–H and O–H groups in total. The molecule has 6 nitrogen and oxygen atoms in total. The lowest BCUT2D eigenvalue weighted by Gasteiger charge is -2.07. The van der Waals surface area contributed by atoms with Crippen molar-refractivity contribution in [1.29, 1.82) is 0 Å². The second-order valence-corrected chi connectivity index (χ2v) is 3.74. The first-order valence-electron chi connectivity index (χ1n) is 5.66. The molecule has 0 aliphatic rings. The van der Waals surface area contributed by atoms with Crippen LogP contribution in [0.15, 0.2) is 30.3 Å². The average Bonchev–Trinajstić information content (AvgIpc) is 2.47. The summed E-state index contributed by atoms with van der Waals surface area (Å²) in [5.74, 6) is -0.353. The first-order valence-corrected chi connectivity index (χ1v) is 5.66. The van der Waals surface area contributed by atoms with Gasteiger partial charge in [-0.2, -0.15) is 9.97 Å². The maximum Gasteiger partial charge on any atom is 0.321 e. The Morgan fingerprint density at radius 3 is 2.45 bits per heavy atom. The molecule has 0 spiro atoms. The lowest BCUT2D eigenvalue weighted by atomic mass is 10.2. The maximum atomic E-state index is 12.8. The first-order chi connectivity index (χ1) is 9.62. The zero-order chi connectivity index (χ0) is 14.5. The van der Waals surface area contributed by atoms with E-state index in [1.807, 2.05) is 0 Å². The van der Waals surface area contributed by atoms with Crippen molar-refractivity contribution in [3.8, 4) is 11.9 Å². The molecule has 0 saturated carbocycles. The van der Waals surface area contributed by atoms with Crippen molar-refractivity contribution in [1.82, 2.24) is 9.97 Å². The third kappa shape index (κ3) is 3.19.